The van der Waals surface area contributed by atoms with Crippen LogP contribution in [0.15, 0.2) is 0 Å². The van der Waals surface area contributed by atoms with E-state index in [-0.39, 0.29) is 47.6 Å². The molecule has 0 aliphatic carbocycles. The first-order valence-corrected chi connectivity index (χ1v) is 4.83. The Morgan fingerprint density at radius 1 is 0.714 bits per heavy atom. The largest absolute Gasteiger partial charge is 0.343 e. The molecule has 14 heavy (non-hydrogen) atoms. The number of unbranched alkanes of at least 4 members (excludes halogenated alkanes) is 2. The van der Waals surface area contributed by atoms with Gasteiger partial charge in [0.15, 0.2) is 0 Å². The molecule has 0 heterocycles. The Hall–Kier alpha value is 1.10. The third-order valence-corrected chi connectivity index (χ3v) is 0.707. The van der Waals surface area contributed by atoms with Crippen molar-refractivity contribution < 1.29 is 32.7 Å². The van der Waals surface area contributed by atoms with Crippen molar-refractivity contribution in [2.75, 3.05) is 0 Å². The summed E-state index contributed by atoms with van der Waals surface area (Å²) in [6, 6.07) is 0. The van der Waals surface area contributed by atoms with Gasteiger partial charge < -0.3 is 13.8 Å². The van der Waals surface area contributed by atoms with E-state index in [0.29, 0.717) is 0 Å². The molecular weight excluding hydrogens is 245 g/mol. The van der Waals surface area contributed by atoms with Crippen LogP contribution in [-0.2, 0) is 32.7 Å². The summed E-state index contributed by atoms with van der Waals surface area (Å²) in [5.74, 6) is 0. The number of rotatable bonds is 2. The van der Waals surface area contributed by atoms with Crippen LogP contribution in [0.1, 0.15) is 74.7 Å². The van der Waals surface area contributed by atoms with E-state index in [1.54, 1.807) is 0 Å². The van der Waals surface area contributed by atoms with E-state index in [2.05, 4.69) is 41.5 Å². The predicted octanol–water partition coefficient (Wildman–Crippen LogP) is 5.93. The quantitative estimate of drug-likeness (QED) is 0.550. The van der Waals surface area contributed by atoms with Gasteiger partial charge in [-0.2, -0.15) is 12.8 Å². The zero-order chi connectivity index (χ0) is 9.54. The van der Waals surface area contributed by atoms with Crippen LogP contribution in [0.4, 0.5) is 0 Å². The van der Waals surface area contributed by atoms with Crippen LogP contribution < -0.4 is 0 Å². The van der Waals surface area contributed by atoms with Gasteiger partial charge in [0.05, 0.1) is 0 Å². The fourth-order valence-corrected chi connectivity index (χ4v) is 0. The number of hydrogen-bond acceptors (Lipinski definition) is 0. The summed E-state index contributed by atoms with van der Waals surface area (Å²) in [6.07, 6.45) is 5.81. The molecule has 0 fully saturated rings. The summed E-state index contributed by atoms with van der Waals surface area (Å²) < 4.78 is 0. The monoisotopic (exact) mass is 279 g/mol. The van der Waals surface area contributed by atoms with E-state index < -0.39 is 0 Å². The Labute approximate surface area is 121 Å². The molecule has 0 aliphatic rings. The van der Waals surface area contributed by atoms with Gasteiger partial charge in [-0.25, -0.2) is 0 Å². The van der Waals surface area contributed by atoms with Crippen LogP contribution >= 0.6 is 0 Å². The molecule has 1 radical (unpaired) electrons. The average molecular weight is 279 g/mol. The van der Waals surface area contributed by atoms with E-state index >= 15 is 0 Å². The molecule has 0 spiro atoms. The summed E-state index contributed by atoms with van der Waals surface area (Å²) in [4.78, 5) is 0. The van der Waals surface area contributed by atoms with Gasteiger partial charge in [-0.1, -0.05) is 61.8 Å². The molecular formula is C13H34Y-2. The fourth-order valence-electron chi connectivity index (χ4n) is 0. The summed E-state index contributed by atoms with van der Waals surface area (Å²) in [5, 5.41) is 0. The van der Waals surface area contributed by atoms with Crippen LogP contribution in [0.2, 0.25) is 0 Å². The molecule has 0 nitrogen and oxygen atoms in total. The fraction of sp³-hybridized carbons (Fsp3) is 0.846. The maximum atomic E-state index is 3.60. The molecule has 0 aromatic carbocycles. The van der Waals surface area contributed by atoms with E-state index in [0.717, 1.165) is 12.8 Å². The van der Waals surface area contributed by atoms with E-state index in [1.165, 1.54) is 19.3 Å². The second-order valence-corrected chi connectivity index (χ2v) is 2.41. The smallest absolute Gasteiger partial charge is 0 e. The molecule has 0 atom stereocenters. The first-order chi connectivity index (χ1) is 5.24. The van der Waals surface area contributed by atoms with Crippen molar-refractivity contribution >= 4 is 0 Å². The molecule has 1 heteroatoms. The maximum Gasteiger partial charge on any atom is 0 e. The second kappa shape index (κ2) is 65.0. The summed E-state index contributed by atoms with van der Waals surface area (Å²) in [6.45, 7) is 15.7. The predicted molar refractivity (Wildman–Crippen MR) is 70.0 cm³/mol. The normalized spacial score (nSPS) is 5.57. The Kier molecular flexibility index (Phi) is 168. The van der Waals surface area contributed by atoms with Gasteiger partial charge in [0.25, 0.3) is 0 Å². The maximum absolute atomic E-state index is 3.60. The molecule has 0 aromatic rings. The van der Waals surface area contributed by atoms with E-state index in [4.69, 9.17) is 0 Å². The van der Waals surface area contributed by atoms with Gasteiger partial charge in [-0.3, -0.25) is 0 Å². The molecule has 0 aromatic heterocycles. The third-order valence-electron chi connectivity index (χ3n) is 0.707. The van der Waals surface area contributed by atoms with E-state index in [1.807, 2.05) is 0 Å². The van der Waals surface area contributed by atoms with Crippen molar-refractivity contribution in [3.05, 3.63) is 13.8 Å². The summed E-state index contributed by atoms with van der Waals surface area (Å²) >= 11 is 0. The molecule has 0 N–H and O–H groups in total. The zero-order valence-corrected chi connectivity index (χ0v) is 12.4. The van der Waals surface area contributed by atoms with Crippen LogP contribution in [0.25, 0.3) is 0 Å². The van der Waals surface area contributed by atoms with Gasteiger partial charge in [0, 0.05) is 32.7 Å². The van der Waals surface area contributed by atoms with Gasteiger partial charge in [-0.05, 0) is 0 Å². The first-order valence-electron chi connectivity index (χ1n) is 4.83. The van der Waals surface area contributed by atoms with Crippen LogP contribution in [-0.4, -0.2) is 0 Å². The molecule has 0 unspecified atom stereocenters. The van der Waals surface area contributed by atoms with Crippen molar-refractivity contribution in [2.45, 2.75) is 74.7 Å². The van der Waals surface area contributed by atoms with Crippen molar-refractivity contribution in [2.24, 2.45) is 0 Å². The Morgan fingerprint density at radius 2 is 0.786 bits per heavy atom. The molecule has 0 saturated carbocycles. The Morgan fingerprint density at radius 3 is 0.786 bits per heavy atom. The van der Waals surface area contributed by atoms with Gasteiger partial charge >= 0.3 is 0 Å². The SMILES string of the molecule is C.C.CCC.[CH2-]CCC.[CH2-]CCC.[Y]. The zero-order valence-electron chi connectivity index (χ0n) is 9.53. The second-order valence-electron chi connectivity index (χ2n) is 2.41. The molecule has 0 rings (SSSR count). The van der Waals surface area contributed by atoms with Gasteiger partial charge in [0.1, 0.15) is 0 Å². The van der Waals surface area contributed by atoms with E-state index in [9.17, 15) is 0 Å². The topological polar surface area (TPSA) is 0 Å². The first kappa shape index (κ1) is 36.3. The summed E-state index contributed by atoms with van der Waals surface area (Å²) in [5.41, 5.74) is 0. The summed E-state index contributed by atoms with van der Waals surface area (Å²) in [7, 11) is 0. The standard InChI is InChI=1S/2C4H9.C3H8.2CH4.Y/c2*1-3-4-2;1-3-2;;;/h2*1,3-4H2,2H3;3H2,1-2H3;2*1H4;/q2*-1;;;;. The Bertz CT molecular complexity index is 20.4. The number of hydrogen-bond donors (Lipinski definition) is 0. The van der Waals surface area contributed by atoms with Crippen molar-refractivity contribution in [1.29, 1.82) is 0 Å². The Balaban J connectivity index is -0.0000000156. The van der Waals surface area contributed by atoms with Crippen molar-refractivity contribution in [3.8, 4) is 0 Å². The molecule has 0 aliphatic heterocycles. The van der Waals surface area contributed by atoms with Crippen LogP contribution in [0.3, 0.4) is 0 Å². The molecule has 0 saturated heterocycles. The minimum atomic E-state index is 0. The molecule has 0 amide bonds. The molecule has 91 valence electrons. The van der Waals surface area contributed by atoms with Crippen molar-refractivity contribution in [1.82, 2.24) is 0 Å². The average Bonchev–Trinajstić information content (AvgIpc) is 2.06. The van der Waals surface area contributed by atoms with Crippen LogP contribution in [0.5, 0.6) is 0 Å². The minimum Gasteiger partial charge on any atom is -0.343 e. The van der Waals surface area contributed by atoms with Gasteiger partial charge in [0.2, 0.25) is 0 Å². The molecule has 0 bridgehead atoms. The van der Waals surface area contributed by atoms with Crippen molar-refractivity contribution in [3.63, 3.8) is 0 Å². The van der Waals surface area contributed by atoms with Crippen LogP contribution in [0, 0.1) is 13.8 Å². The minimum absolute atomic E-state index is 0. The third kappa shape index (κ3) is 199. The van der Waals surface area contributed by atoms with Gasteiger partial charge in [-0.15, -0.1) is 0 Å².